The molecule has 9 aromatic rings. The van der Waals surface area contributed by atoms with Crippen LogP contribution in [-0.2, 0) is 0 Å². The van der Waals surface area contributed by atoms with Crippen molar-refractivity contribution < 1.29 is 19.0 Å². The topological polar surface area (TPSA) is 51.8 Å². The molecule has 1 heterocycles. The summed E-state index contributed by atoms with van der Waals surface area (Å²) in [4.78, 5) is 0. The van der Waals surface area contributed by atoms with Crippen molar-refractivity contribution in [2.45, 2.75) is 27.2 Å². The smallest absolute Gasteiger partial charge is 0.143 e. The second-order valence-electron chi connectivity index (χ2n) is 14.2. The van der Waals surface area contributed by atoms with Crippen LogP contribution in [0.15, 0.2) is 150 Å². The Kier molecular flexibility index (Phi) is 8.51. The first-order valence-corrected chi connectivity index (χ1v) is 18.6. The molecular formula is C50H40O4. The van der Waals surface area contributed by atoms with Crippen molar-refractivity contribution >= 4 is 43.5 Å². The molecule has 0 radical (unpaired) electrons. The van der Waals surface area contributed by atoms with Crippen molar-refractivity contribution in [2.24, 2.45) is 0 Å². The molecule has 54 heavy (non-hydrogen) atoms. The molecule has 0 bridgehead atoms. The van der Waals surface area contributed by atoms with Gasteiger partial charge in [0.1, 0.15) is 28.4 Å². The van der Waals surface area contributed by atoms with Crippen LogP contribution in [0.4, 0.5) is 0 Å². The maximum absolute atomic E-state index is 11.9. The molecule has 0 aliphatic carbocycles. The van der Waals surface area contributed by atoms with E-state index in [9.17, 15) is 5.11 Å². The number of furan rings is 1. The fraction of sp³-hybridized carbons (Fsp3) is 0.120. The van der Waals surface area contributed by atoms with Gasteiger partial charge in [-0.05, 0) is 107 Å². The van der Waals surface area contributed by atoms with Gasteiger partial charge in [0, 0.05) is 45.0 Å². The molecule has 1 aromatic heterocycles. The molecule has 0 saturated heterocycles. The van der Waals surface area contributed by atoms with Crippen molar-refractivity contribution in [1.29, 1.82) is 0 Å². The molecule has 0 saturated carbocycles. The molecule has 9 rings (SSSR count). The lowest BCUT2D eigenvalue weighted by atomic mass is 9.89. The van der Waals surface area contributed by atoms with Gasteiger partial charge in [0.05, 0.1) is 13.2 Å². The molecule has 0 atom stereocenters. The lowest BCUT2D eigenvalue weighted by Gasteiger charge is -2.18. The van der Waals surface area contributed by atoms with Crippen LogP contribution in [0.1, 0.15) is 23.1 Å². The van der Waals surface area contributed by atoms with Gasteiger partial charge in [-0.15, -0.1) is 0 Å². The number of fused-ring (bicyclic) bond motifs is 6. The van der Waals surface area contributed by atoms with Gasteiger partial charge in [0.25, 0.3) is 0 Å². The Balaban J connectivity index is 0.961. The highest BCUT2D eigenvalue weighted by Gasteiger charge is 2.20. The van der Waals surface area contributed by atoms with E-state index in [1.807, 2.05) is 60.7 Å². The molecule has 1 N–H and O–H groups in total. The maximum Gasteiger partial charge on any atom is 0.143 e. The number of phenolic OH excluding ortho intramolecular Hbond substituents is 1. The fourth-order valence-electron chi connectivity index (χ4n) is 7.96. The third-order valence-corrected chi connectivity index (χ3v) is 10.4. The molecule has 4 nitrogen and oxygen atoms in total. The number of rotatable bonds is 9. The minimum Gasteiger partial charge on any atom is -0.507 e. The van der Waals surface area contributed by atoms with E-state index in [-0.39, 0.29) is 5.75 Å². The van der Waals surface area contributed by atoms with E-state index in [1.165, 1.54) is 10.8 Å². The molecule has 264 valence electrons. The van der Waals surface area contributed by atoms with Crippen molar-refractivity contribution in [3.8, 4) is 50.6 Å². The highest BCUT2D eigenvalue weighted by molar-refractivity contribution is 6.21. The second kappa shape index (κ2) is 13.8. The summed E-state index contributed by atoms with van der Waals surface area (Å²) in [6, 6.07) is 49.9. The highest BCUT2D eigenvalue weighted by atomic mass is 16.5. The van der Waals surface area contributed by atoms with E-state index in [1.54, 1.807) is 0 Å². The molecule has 0 spiro atoms. The monoisotopic (exact) mass is 704 g/mol. The van der Waals surface area contributed by atoms with Crippen LogP contribution in [0.2, 0.25) is 0 Å². The van der Waals surface area contributed by atoms with Gasteiger partial charge in [-0.25, -0.2) is 0 Å². The van der Waals surface area contributed by atoms with E-state index >= 15 is 0 Å². The number of aromatic hydroxyl groups is 1. The van der Waals surface area contributed by atoms with Crippen molar-refractivity contribution in [2.75, 3.05) is 13.2 Å². The number of hydrogen-bond donors (Lipinski definition) is 1. The second-order valence-corrected chi connectivity index (χ2v) is 14.2. The van der Waals surface area contributed by atoms with Crippen LogP contribution < -0.4 is 9.47 Å². The molecule has 0 unspecified atom stereocenters. The SMILES string of the molecule is Cc1cc(-c2ccccc2OCCCOc2ccccc2-c2cc(C)cc3c2oc2ccc4ccccc4c23)c(O)c(-c2c(C)ccc3ccccc23)c1. The summed E-state index contributed by atoms with van der Waals surface area (Å²) in [5.41, 5.74) is 10.6. The summed E-state index contributed by atoms with van der Waals surface area (Å²) in [6.07, 6.45) is 0.669. The van der Waals surface area contributed by atoms with E-state index in [0.29, 0.717) is 19.6 Å². The Hall–Kier alpha value is -6.52. The first-order chi connectivity index (χ1) is 26.4. The lowest BCUT2D eigenvalue weighted by molar-refractivity contribution is 0.248. The van der Waals surface area contributed by atoms with Gasteiger partial charge in [0.15, 0.2) is 0 Å². The third kappa shape index (κ3) is 5.90. The summed E-state index contributed by atoms with van der Waals surface area (Å²) in [7, 11) is 0. The summed E-state index contributed by atoms with van der Waals surface area (Å²) in [5.74, 6) is 1.77. The van der Waals surface area contributed by atoms with Crippen molar-refractivity contribution in [3.05, 3.63) is 162 Å². The van der Waals surface area contributed by atoms with Crippen LogP contribution in [0.3, 0.4) is 0 Å². The highest BCUT2D eigenvalue weighted by Crippen LogP contribution is 2.46. The Morgan fingerprint density at radius 2 is 1.06 bits per heavy atom. The Morgan fingerprint density at radius 1 is 0.500 bits per heavy atom. The first kappa shape index (κ1) is 33.3. The lowest BCUT2D eigenvalue weighted by Crippen LogP contribution is -2.06. The third-order valence-electron chi connectivity index (χ3n) is 10.4. The van der Waals surface area contributed by atoms with Crippen molar-refractivity contribution in [3.63, 3.8) is 0 Å². The van der Waals surface area contributed by atoms with E-state index in [4.69, 9.17) is 13.9 Å². The average Bonchev–Trinajstić information content (AvgIpc) is 3.58. The van der Waals surface area contributed by atoms with Gasteiger partial charge in [-0.2, -0.15) is 0 Å². The van der Waals surface area contributed by atoms with Crippen LogP contribution in [-0.4, -0.2) is 18.3 Å². The first-order valence-electron chi connectivity index (χ1n) is 18.6. The number of phenols is 1. The van der Waals surface area contributed by atoms with Crippen LogP contribution in [0.25, 0.3) is 76.9 Å². The minimum atomic E-state index is 0.249. The van der Waals surface area contributed by atoms with Crippen LogP contribution in [0.5, 0.6) is 17.2 Å². The fourth-order valence-corrected chi connectivity index (χ4v) is 7.96. The molecule has 0 aliphatic rings. The van der Waals surface area contributed by atoms with Gasteiger partial charge >= 0.3 is 0 Å². The standard InChI is InChI=1S/C50H40O4/c1-31-27-40(49(51)42(29-31)47-33(3)21-22-34-13-4-6-15-36(34)47)38-17-8-10-19-44(38)52-25-12-26-53-45-20-11-9-18-39(45)41-28-32(2)30-43-48-37-16-7-5-14-35(37)23-24-46(48)54-50(41)43/h4-11,13-24,27-30,51H,12,25-26H2,1-3H3. The number of ether oxygens (including phenoxy) is 2. The molecule has 0 aliphatic heterocycles. The van der Waals surface area contributed by atoms with Gasteiger partial charge in [-0.1, -0.05) is 103 Å². The Labute approximate surface area is 314 Å². The summed E-state index contributed by atoms with van der Waals surface area (Å²) in [6.45, 7) is 7.23. The minimum absolute atomic E-state index is 0.249. The summed E-state index contributed by atoms with van der Waals surface area (Å²) >= 11 is 0. The van der Waals surface area contributed by atoms with Crippen LogP contribution >= 0.6 is 0 Å². The molecular weight excluding hydrogens is 665 g/mol. The summed E-state index contributed by atoms with van der Waals surface area (Å²) < 4.78 is 19.5. The van der Waals surface area contributed by atoms with Crippen molar-refractivity contribution in [1.82, 2.24) is 0 Å². The zero-order valence-electron chi connectivity index (χ0n) is 30.6. The Bertz CT molecular complexity index is 2860. The number of para-hydroxylation sites is 2. The number of benzene rings is 8. The quantitative estimate of drug-likeness (QED) is 0.152. The predicted molar refractivity (Wildman–Crippen MR) is 223 cm³/mol. The number of aryl methyl sites for hydroxylation is 3. The molecule has 0 amide bonds. The maximum atomic E-state index is 11.9. The van der Waals surface area contributed by atoms with E-state index < -0.39 is 0 Å². The summed E-state index contributed by atoms with van der Waals surface area (Å²) in [5, 5.41) is 18.8. The Morgan fingerprint density at radius 3 is 1.80 bits per heavy atom. The normalized spacial score (nSPS) is 11.5. The molecule has 8 aromatic carbocycles. The van der Waals surface area contributed by atoms with Gasteiger partial charge in [-0.3, -0.25) is 0 Å². The molecule has 4 heteroatoms. The zero-order chi connectivity index (χ0) is 36.8. The van der Waals surface area contributed by atoms with E-state index in [2.05, 4.69) is 106 Å². The average molecular weight is 705 g/mol. The predicted octanol–water partition coefficient (Wildman–Crippen LogP) is 13.4. The molecule has 0 fully saturated rings. The van der Waals surface area contributed by atoms with E-state index in [0.717, 1.165) is 94.3 Å². The largest absolute Gasteiger partial charge is 0.507 e. The van der Waals surface area contributed by atoms with Crippen LogP contribution in [0, 0.1) is 20.8 Å². The van der Waals surface area contributed by atoms with Gasteiger partial charge in [0.2, 0.25) is 0 Å². The number of hydrogen-bond acceptors (Lipinski definition) is 4. The zero-order valence-corrected chi connectivity index (χ0v) is 30.6. The van der Waals surface area contributed by atoms with Gasteiger partial charge < -0.3 is 19.0 Å².